The summed E-state index contributed by atoms with van der Waals surface area (Å²) in [7, 11) is 0. The highest BCUT2D eigenvalue weighted by molar-refractivity contribution is 6.21. The van der Waals surface area contributed by atoms with Crippen LogP contribution in [0, 0.1) is 5.82 Å². The Morgan fingerprint density at radius 2 is 1.35 bits per heavy atom. The molecule has 0 atom stereocenters. The van der Waals surface area contributed by atoms with Gasteiger partial charge in [0, 0.05) is 45.0 Å². The number of hydrogen-bond acceptors (Lipinski definition) is 4. The SMILES string of the molecule is O=C1c2ccccc2C(=O)N1CCN1CCN(c2ccc(F)cc2)CC1. The number of piperazine rings is 1. The molecule has 1 saturated heterocycles. The van der Waals surface area contributed by atoms with Crippen molar-refractivity contribution in [3.05, 3.63) is 65.5 Å². The van der Waals surface area contributed by atoms with Gasteiger partial charge in [-0.3, -0.25) is 19.4 Å². The molecular formula is C20H20FN3O2. The molecule has 1 fully saturated rings. The Kier molecular flexibility index (Phi) is 4.42. The number of rotatable bonds is 4. The van der Waals surface area contributed by atoms with E-state index >= 15 is 0 Å². The molecule has 0 aliphatic carbocycles. The van der Waals surface area contributed by atoms with Crippen molar-refractivity contribution in [3.63, 3.8) is 0 Å². The average molecular weight is 353 g/mol. The quantitative estimate of drug-likeness (QED) is 0.791. The van der Waals surface area contributed by atoms with Crippen LogP contribution >= 0.6 is 0 Å². The van der Waals surface area contributed by atoms with Gasteiger partial charge in [0.05, 0.1) is 11.1 Å². The van der Waals surface area contributed by atoms with Crippen molar-refractivity contribution in [1.29, 1.82) is 0 Å². The first-order chi connectivity index (χ1) is 12.6. The highest BCUT2D eigenvalue weighted by atomic mass is 19.1. The monoisotopic (exact) mass is 353 g/mol. The number of carbonyl (C=O) groups is 2. The van der Waals surface area contributed by atoms with Crippen molar-refractivity contribution in [2.24, 2.45) is 0 Å². The minimum atomic E-state index is -0.228. The van der Waals surface area contributed by atoms with E-state index in [0.29, 0.717) is 24.2 Å². The number of imide groups is 1. The molecule has 0 radical (unpaired) electrons. The van der Waals surface area contributed by atoms with Crippen LogP contribution in [0.15, 0.2) is 48.5 Å². The zero-order valence-corrected chi connectivity index (χ0v) is 14.4. The van der Waals surface area contributed by atoms with Crippen LogP contribution in [0.1, 0.15) is 20.7 Å². The first-order valence-electron chi connectivity index (χ1n) is 8.81. The molecule has 2 aromatic rings. The van der Waals surface area contributed by atoms with Gasteiger partial charge in [0.25, 0.3) is 11.8 Å². The second kappa shape index (κ2) is 6.88. The number of benzene rings is 2. The van der Waals surface area contributed by atoms with Crippen LogP contribution in [-0.2, 0) is 0 Å². The van der Waals surface area contributed by atoms with Crippen LogP contribution in [0.2, 0.25) is 0 Å². The Morgan fingerprint density at radius 3 is 1.92 bits per heavy atom. The second-order valence-corrected chi connectivity index (χ2v) is 6.61. The summed E-state index contributed by atoms with van der Waals surface area (Å²) in [4.78, 5) is 30.6. The zero-order valence-electron chi connectivity index (χ0n) is 14.4. The molecule has 0 unspecified atom stereocenters. The lowest BCUT2D eigenvalue weighted by Crippen LogP contribution is -2.49. The Labute approximate surface area is 151 Å². The number of amides is 2. The van der Waals surface area contributed by atoms with E-state index in [-0.39, 0.29) is 17.6 Å². The molecule has 0 N–H and O–H groups in total. The van der Waals surface area contributed by atoms with E-state index in [4.69, 9.17) is 0 Å². The van der Waals surface area contributed by atoms with Gasteiger partial charge in [-0.15, -0.1) is 0 Å². The van der Waals surface area contributed by atoms with Gasteiger partial charge in [-0.2, -0.15) is 0 Å². The molecule has 2 aliphatic rings. The first-order valence-corrected chi connectivity index (χ1v) is 8.81. The van der Waals surface area contributed by atoms with Crippen LogP contribution in [0.4, 0.5) is 10.1 Å². The molecule has 4 rings (SSSR count). The highest BCUT2D eigenvalue weighted by Crippen LogP contribution is 2.22. The van der Waals surface area contributed by atoms with Crippen molar-refractivity contribution >= 4 is 17.5 Å². The summed E-state index contributed by atoms with van der Waals surface area (Å²) in [6.07, 6.45) is 0. The number of carbonyl (C=O) groups excluding carboxylic acids is 2. The van der Waals surface area contributed by atoms with E-state index in [2.05, 4.69) is 9.80 Å². The van der Waals surface area contributed by atoms with Gasteiger partial charge in [0.15, 0.2) is 0 Å². The molecule has 6 heteroatoms. The van der Waals surface area contributed by atoms with Crippen LogP contribution < -0.4 is 4.90 Å². The topological polar surface area (TPSA) is 43.9 Å². The van der Waals surface area contributed by atoms with Crippen LogP contribution in [0.25, 0.3) is 0 Å². The molecule has 134 valence electrons. The van der Waals surface area contributed by atoms with Gasteiger partial charge in [0.1, 0.15) is 5.82 Å². The fraction of sp³-hybridized carbons (Fsp3) is 0.300. The maximum absolute atomic E-state index is 13.0. The van der Waals surface area contributed by atoms with E-state index in [0.717, 1.165) is 31.9 Å². The van der Waals surface area contributed by atoms with Crippen molar-refractivity contribution in [1.82, 2.24) is 9.80 Å². The van der Waals surface area contributed by atoms with Crippen LogP contribution in [0.5, 0.6) is 0 Å². The molecule has 26 heavy (non-hydrogen) atoms. The molecule has 0 spiro atoms. The average Bonchev–Trinajstić information content (AvgIpc) is 2.92. The maximum atomic E-state index is 13.0. The lowest BCUT2D eigenvalue weighted by Gasteiger charge is -2.36. The maximum Gasteiger partial charge on any atom is 0.261 e. The minimum absolute atomic E-state index is 0.199. The van der Waals surface area contributed by atoms with Gasteiger partial charge >= 0.3 is 0 Å². The van der Waals surface area contributed by atoms with E-state index in [9.17, 15) is 14.0 Å². The van der Waals surface area contributed by atoms with E-state index in [1.165, 1.54) is 17.0 Å². The number of hydrogen-bond donors (Lipinski definition) is 0. The number of halogens is 1. The van der Waals surface area contributed by atoms with E-state index in [1.54, 1.807) is 36.4 Å². The summed E-state index contributed by atoms with van der Waals surface area (Å²) in [5, 5.41) is 0. The summed E-state index contributed by atoms with van der Waals surface area (Å²) in [6.45, 7) is 4.45. The molecule has 2 aliphatic heterocycles. The van der Waals surface area contributed by atoms with Crippen molar-refractivity contribution in [3.8, 4) is 0 Å². The zero-order chi connectivity index (χ0) is 18.1. The van der Waals surface area contributed by atoms with Gasteiger partial charge < -0.3 is 4.90 Å². The third-order valence-electron chi connectivity index (χ3n) is 5.08. The third-order valence-corrected chi connectivity index (χ3v) is 5.08. The lowest BCUT2D eigenvalue weighted by atomic mass is 10.1. The summed E-state index contributed by atoms with van der Waals surface area (Å²) >= 11 is 0. The summed E-state index contributed by atoms with van der Waals surface area (Å²) in [6, 6.07) is 13.5. The van der Waals surface area contributed by atoms with Crippen molar-refractivity contribution in [2.75, 3.05) is 44.2 Å². The summed E-state index contributed by atoms with van der Waals surface area (Å²) < 4.78 is 13.0. The molecule has 0 aromatic heterocycles. The lowest BCUT2D eigenvalue weighted by molar-refractivity contribution is 0.0635. The Balaban J connectivity index is 1.31. The number of fused-ring (bicyclic) bond motifs is 1. The fourth-order valence-electron chi connectivity index (χ4n) is 3.57. The summed E-state index contributed by atoms with van der Waals surface area (Å²) in [5.41, 5.74) is 2.02. The Hall–Kier alpha value is -2.73. The largest absolute Gasteiger partial charge is 0.369 e. The first kappa shape index (κ1) is 16.7. The fourth-order valence-corrected chi connectivity index (χ4v) is 3.57. The minimum Gasteiger partial charge on any atom is -0.369 e. The molecule has 2 aromatic carbocycles. The third kappa shape index (κ3) is 3.08. The Bertz CT molecular complexity index is 794. The van der Waals surface area contributed by atoms with Crippen LogP contribution in [0.3, 0.4) is 0 Å². The molecule has 5 nitrogen and oxygen atoms in total. The highest BCUT2D eigenvalue weighted by Gasteiger charge is 2.35. The standard InChI is InChI=1S/C20H20FN3O2/c21-15-5-7-16(8-6-15)23-12-9-22(10-13-23)11-14-24-19(25)17-3-1-2-4-18(17)20(24)26/h1-8H,9-14H2. The molecule has 0 bridgehead atoms. The molecular weight excluding hydrogens is 333 g/mol. The number of nitrogens with zero attached hydrogens (tertiary/aromatic N) is 3. The predicted octanol–water partition coefficient (Wildman–Crippen LogP) is 2.24. The predicted molar refractivity (Wildman–Crippen MR) is 96.9 cm³/mol. The normalized spacial score (nSPS) is 17.7. The van der Waals surface area contributed by atoms with Gasteiger partial charge in [0.2, 0.25) is 0 Å². The van der Waals surface area contributed by atoms with Crippen molar-refractivity contribution < 1.29 is 14.0 Å². The van der Waals surface area contributed by atoms with Gasteiger partial charge in [-0.1, -0.05) is 12.1 Å². The second-order valence-electron chi connectivity index (χ2n) is 6.61. The van der Waals surface area contributed by atoms with E-state index < -0.39 is 0 Å². The van der Waals surface area contributed by atoms with E-state index in [1.807, 2.05) is 0 Å². The van der Waals surface area contributed by atoms with Crippen molar-refractivity contribution in [2.45, 2.75) is 0 Å². The summed E-state index contributed by atoms with van der Waals surface area (Å²) in [5.74, 6) is -0.626. The van der Waals surface area contributed by atoms with Gasteiger partial charge in [-0.05, 0) is 36.4 Å². The van der Waals surface area contributed by atoms with Gasteiger partial charge in [-0.25, -0.2) is 4.39 Å². The smallest absolute Gasteiger partial charge is 0.261 e. The molecule has 2 heterocycles. The van der Waals surface area contributed by atoms with Crippen LogP contribution in [-0.4, -0.2) is 60.9 Å². The Morgan fingerprint density at radius 1 is 0.769 bits per heavy atom. The molecule has 0 saturated carbocycles. The molecule has 2 amide bonds. The number of anilines is 1.